The topological polar surface area (TPSA) is 91.4 Å². The van der Waals surface area contributed by atoms with Crippen LogP contribution in [0.25, 0.3) is 0 Å². The Balaban J connectivity index is 1.84. The van der Waals surface area contributed by atoms with E-state index < -0.39 is 6.03 Å². The fourth-order valence-electron chi connectivity index (χ4n) is 2.95. The number of carbonyl (C=O) groups is 3. The smallest absolute Gasteiger partial charge is 0.328 e. The lowest BCUT2D eigenvalue weighted by Gasteiger charge is -2.28. The van der Waals surface area contributed by atoms with Crippen LogP contribution in [0.5, 0.6) is 0 Å². The number of nitrogens with one attached hydrogen (secondary N) is 2. The first-order valence-electron chi connectivity index (χ1n) is 8.51. The molecule has 1 aliphatic heterocycles. The van der Waals surface area contributed by atoms with Crippen molar-refractivity contribution < 1.29 is 14.4 Å². The number of benzene rings is 1. The number of anilines is 1. The molecule has 1 fully saturated rings. The summed E-state index contributed by atoms with van der Waals surface area (Å²) in [5.41, 5.74) is 1.85. The van der Waals surface area contributed by atoms with Gasteiger partial charge in [-0.3, -0.25) is 24.8 Å². The zero-order valence-electron chi connectivity index (χ0n) is 14.4. The lowest BCUT2D eigenvalue weighted by molar-refractivity contribution is -0.120. The molecule has 0 radical (unpaired) electrons. The van der Waals surface area contributed by atoms with Gasteiger partial charge in [-0.25, -0.2) is 4.79 Å². The molecular weight excluding hydrogens is 332 g/mol. The molecule has 1 aromatic carbocycles. The van der Waals surface area contributed by atoms with Gasteiger partial charge in [-0.15, -0.1) is 0 Å². The third-order valence-electron chi connectivity index (χ3n) is 4.32. The van der Waals surface area contributed by atoms with E-state index in [2.05, 4.69) is 15.6 Å². The first-order chi connectivity index (χ1) is 12.6. The third-order valence-corrected chi connectivity index (χ3v) is 4.32. The molecule has 0 spiro atoms. The van der Waals surface area contributed by atoms with Crippen LogP contribution in [0.1, 0.15) is 41.7 Å². The van der Waals surface area contributed by atoms with E-state index in [9.17, 15) is 14.4 Å². The van der Waals surface area contributed by atoms with Crippen molar-refractivity contribution in [3.8, 4) is 0 Å². The van der Waals surface area contributed by atoms with E-state index in [1.165, 1.54) is 4.90 Å². The van der Waals surface area contributed by atoms with Crippen LogP contribution in [0, 0.1) is 0 Å². The molecule has 1 atom stereocenters. The van der Waals surface area contributed by atoms with E-state index >= 15 is 0 Å². The average molecular weight is 352 g/mol. The average Bonchev–Trinajstić information content (AvgIpc) is 2.66. The summed E-state index contributed by atoms with van der Waals surface area (Å²) in [5, 5.41) is 5.29. The predicted octanol–water partition coefficient (Wildman–Crippen LogP) is 2.41. The molecule has 0 unspecified atom stereocenters. The minimum absolute atomic E-state index is 0.157. The van der Waals surface area contributed by atoms with Crippen molar-refractivity contribution in [2.45, 2.75) is 25.8 Å². The summed E-state index contributed by atoms with van der Waals surface area (Å²) in [4.78, 5) is 41.8. The van der Waals surface area contributed by atoms with Gasteiger partial charge in [0.05, 0.1) is 17.3 Å². The van der Waals surface area contributed by atoms with Crippen LogP contribution in [-0.4, -0.2) is 29.4 Å². The Morgan fingerprint density at radius 3 is 2.65 bits per heavy atom. The summed E-state index contributed by atoms with van der Waals surface area (Å²) >= 11 is 0. The van der Waals surface area contributed by atoms with Crippen LogP contribution in [0.2, 0.25) is 0 Å². The third kappa shape index (κ3) is 3.72. The minimum atomic E-state index is -0.511. The first kappa shape index (κ1) is 17.6. The molecule has 2 aromatic rings. The van der Waals surface area contributed by atoms with Gasteiger partial charge in [0.25, 0.3) is 5.91 Å². The summed E-state index contributed by atoms with van der Waals surface area (Å²) in [6.07, 6.45) is 4.30. The van der Waals surface area contributed by atoms with E-state index in [1.54, 1.807) is 36.7 Å². The summed E-state index contributed by atoms with van der Waals surface area (Å²) in [5.74, 6) is -0.578. The number of hydrogen-bond acceptors (Lipinski definition) is 4. The van der Waals surface area contributed by atoms with E-state index in [4.69, 9.17) is 0 Å². The van der Waals surface area contributed by atoms with Crippen molar-refractivity contribution in [3.05, 3.63) is 59.9 Å². The first-order valence-corrected chi connectivity index (χ1v) is 8.51. The molecule has 7 heteroatoms. The van der Waals surface area contributed by atoms with Gasteiger partial charge in [0.2, 0.25) is 5.91 Å². The number of urea groups is 1. The fourth-order valence-corrected chi connectivity index (χ4v) is 2.95. The Morgan fingerprint density at radius 1 is 1.23 bits per heavy atom. The quantitative estimate of drug-likeness (QED) is 0.864. The highest BCUT2D eigenvalue weighted by molar-refractivity contribution is 6.09. The molecular formula is C19H20N4O3. The second-order valence-electron chi connectivity index (χ2n) is 5.99. The van der Waals surface area contributed by atoms with Gasteiger partial charge in [0, 0.05) is 25.4 Å². The number of nitrogens with zero attached hydrogens (tertiary/aromatic N) is 2. The number of aromatic nitrogens is 1. The maximum absolute atomic E-state index is 12.9. The van der Waals surface area contributed by atoms with Crippen molar-refractivity contribution >= 4 is 23.5 Å². The van der Waals surface area contributed by atoms with Gasteiger partial charge in [-0.05, 0) is 36.2 Å². The molecule has 0 aliphatic carbocycles. The zero-order chi connectivity index (χ0) is 18.5. The molecule has 2 N–H and O–H groups in total. The van der Waals surface area contributed by atoms with Crippen LogP contribution in [0.3, 0.4) is 0 Å². The molecule has 4 amide bonds. The van der Waals surface area contributed by atoms with Crippen molar-refractivity contribution in [2.75, 3.05) is 11.4 Å². The van der Waals surface area contributed by atoms with Crippen molar-refractivity contribution in [1.29, 1.82) is 0 Å². The Hall–Kier alpha value is -3.22. The normalized spacial score (nSPS) is 15.3. The maximum atomic E-state index is 12.9. The molecule has 7 nitrogen and oxygen atoms in total. The monoisotopic (exact) mass is 352 g/mol. The molecule has 1 aromatic heterocycles. The maximum Gasteiger partial charge on any atom is 0.328 e. The molecule has 1 aliphatic rings. The lowest BCUT2D eigenvalue weighted by Crippen LogP contribution is -2.50. The Kier molecular flexibility index (Phi) is 5.26. The van der Waals surface area contributed by atoms with Crippen LogP contribution in [0.4, 0.5) is 10.5 Å². The number of carbonyl (C=O) groups excluding carboxylic acids is 3. The SMILES string of the molecule is CC[C@@H](NC(=O)c1ccccc1N1CCC(=O)NC1=O)c1ccncc1. The number of pyridine rings is 1. The number of amides is 4. The Bertz CT molecular complexity index is 823. The van der Waals surface area contributed by atoms with Crippen molar-refractivity contribution in [3.63, 3.8) is 0 Å². The summed E-state index contributed by atoms with van der Waals surface area (Å²) in [6, 6.07) is 9.95. The summed E-state index contributed by atoms with van der Waals surface area (Å²) in [7, 11) is 0. The standard InChI is InChI=1S/C19H20N4O3/c1-2-15(13-7-10-20-11-8-13)21-18(25)14-5-3-4-6-16(14)23-12-9-17(24)22-19(23)26/h3-8,10-11,15H,2,9,12H2,1H3,(H,21,25)(H,22,24,26)/t15-/m1/s1. The van der Waals surface area contributed by atoms with Crippen LogP contribution >= 0.6 is 0 Å². The summed E-state index contributed by atoms with van der Waals surface area (Å²) in [6.45, 7) is 2.23. The zero-order valence-corrected chi connectivity index (χ0v) is 14.4. The predicted molar refractivity (Wildman–Crippen MR) is 96.7 cm³/mol. The van der Waals surface area contributed by atoms with E-state index in [0.29, 0.717) is 11.3 Å². The number of hydrogen-bond donors (Lipinski definition) is 2. The molecule has 0 saturated carbocycles. The Morgan fingerprint density at radius 2 is 1.96 bits per heavy atom. The van der Waals surface area contributed by atoms with E-state index in [0.717, 1.165) is 12.0 Å². The van der Waals surface area contributed by atoms with Crippen LogP contribution in [0.15, 0.2) is 48.8 Å². The molecule has 134 valence electrons. The van der Waals surface area contributed by atoms with Crippen molar-refractivity contribution in [1.82, 2.24) is 15.6 Å². The Labute approximate surface area is 151 Å². The number of imide groups is 1. The van der Waals surface area contributed by atoms with Gasteiger partial charge in [0.1, 0.15) is 0 Å². The number of rotatable bonds is 5. The second-order valence-corrected chi connectivity index (χ2v) is 5.99. The van der Waals surface area contributed by atoms with Gasteiger partial charge >= 0.3 is 6.03 Å². The van der Waals surface area contributed by atoms with Gasteiger partial charge in [-0.2, -0.15) is 0 Å². The molecule has 3 rings (SSSR count). The minimum Gasteiger partial charge on any atom is -0.345 e. The summed E-state index contributed by atoms with van der Waals surface area (Å²) < 4.78 is 0. The highest BCUT2D eigenvalue weighted by Crippen LogP contribution is 2.24. The van der Waals surface area contributed by atoms with Gasteiger partial charge in [0.15, 0.2) is 0 Å². The van der Waals surface area contributed by atoms with E-state index in [1.807, 2.05) is 19.1 Å². The molecule has 26 heavy (non-hydrogen) atoms. The van der Waals surface area contributed by atoms with Crippen LogP contribution < -0.4 is 15.5 Å². The largest absolute Gasteiger partial charge is 0.345 e. The molecule has 2 heterocycles. The van der Waals surface area contributed by atoms with E-state index in [-0.39, 0.29) is 30.8 Å². The van der Waals surface area contributed by atoms with Gasteiger partial charge in [-0.1, -0.05) is 19.1 Å². The molecule has 0 bridgehead atoms. The fraction of sp³-hybridized carbons (Fsp3) is 0.263. The molecule has 1 saturated heterocycles. The highest BCUT2D eigenvalue weighted by atomic mass is 16.2. The second kappa shape index (κ2) is 7.77. The van der Waals surface area contributed by atoms with Crippen molar-refractivity contribution in [2.24, 2.45) is 0 Å². The van der Waals surface area contributed by atoms with Crippen LogP contribution in [-0.2, 0) is 4.79 Å². The van der Waals surface area contributed by atoms with Gasteiger partial charge < -0.3 is 5.32 Å². The number of para-hydroxylation sites is 1. The lowest BCUT2D eigenvalue weighted by atomic mass is 10.0. The highest BCUT2D eigenvalue weighted by Gasteiger charge is 2.27.